The molecule has 0 atom stereocenters. The van der Waals surface area contributed by atoms with Crippen LogP contribution in [0.15, 0.2) is 35.5 Å². The van der Waals surface area contributed by atoms with Crippen molar-refractivity contribution in [3.63, 3.8) is 0 Å². The fraction of sp³-hybridized carbons (Fsp3) is 0.333. The summed E-state index contributed by atoms with van der Waals surface area (Å²) in [4.78, 5) is 0. The van der Waals surface area contributed by atoms with Crippen LogP contribution in [0, 0.1) is 12.2 Å². The van der Waals surface area contributed by atoms with Crippen molar-refractivity contribution in [1.29, 1.82) is 0 Å². The van der Waals surface area contributed by atoms with Gasteiger partial charge in [0, 0.05) is 0 Å². The Labute approximate surface area is 108 Å². The Kier molecular flexibility index (Phi) is 11.1. The van der Waals surface area contributed by atoms with Crippen molar-refractivity contribution in [2.45, 2.75) is 26.7 Å². The zero-order chi connectivity index (χ0) is 8.81. The summed E-state index contributed by atoms with van der Waals surface area (Å²) in [6.45, 7) is 4.17. The molecule has 0 amide bonds. The third-order valence-corrected chi connectivity index (χ3v) is 1.74. The van der Waals surface area contributed by atoms with Crippen molar-refractivity contribution in [2.24, 2.45) is 0 Å². The summed E-state index contributed by atoms with van der Waals surface area (Å²) in [5, 5.41) is 0. The van der Waals surface area contributed by atoms with Gasteiger partial charge >= 0.3 is 21.7 Å². The molecular weight excluding hydrogens is 227 g/mol. The smallest absolute Gasteiger partial charge is 0.273 e. The van der Waals surface area contributed by atoms with Crippen LogP contribution in [0.1, 0.15) is 26.7 Å². The Bertz CT molecular complexity index is 226. The minimum absolute atomic E-state index is 0. The maximum absolute atomic E-state index is 3.05. The van der Waals surface area contributed by atoms with Crippen molar-refractivity contribution >= 4 is 12.4 Å². The molecule has 2 rings (SSSR count). The maximum Gasteiger partial charge on any atom is 2.00 e. The quantitative estimate of drug-likeness (QED) is 0.448. The van der Waals surface area contributed by atoms with Gasteiger partial charge in [0.2, 0.25) is 0 Å². The molecule has 0 radical (unpaired) electrons. The molecule has 0 fully saturated rings. The summed E-state index contributed by atoms with van der Waals surface area (Å²) < 4.78 is 0. The zero-order valence-corrected chi connectivity index (χ0v) is 11.0. The standard InChI is InChI=1S/2C6H7.ClH.Ti/c2*1-6-4-2-3-5-6;;/h2*4-5H,2H2,1H3;1H;/q2*-1;;+2. The van der Waals surface area contributed by atoms with Crippen molar-refractivity contribution in [3.05, 3.63) is 47.6 Å². The topological polar surface area (TPSA) is 0 Å². The van der Waals surface area contributed by atoms with E-state index in [4.69, 9.17) is 0 Å². The molecule has 2 aliphatic rings. The third kappa shape index (κ3) is 7.38. The molecule has 2 aliphatic carbocycles. The van der Waals surface area contributed by atoms with Gasteiger partial charge in [0.1, 0.15) is 0 Å². The van der Waals surface area contributed by atoms with Gasteiger partial charge in [-0.3, -0.25) is 12.2 Å². The first-order valence-electron chi connectivity index (χ1n) is 4.26. The molecule has 0 saturated carbocycles. The first kappa shape index (κ1) is 16.4. The maximum atomic E-state index is 3.05. The summed E-state index contributed by atoms with van der Waals surface area (Å²) in [6, 6.07) is 0. The molecule has 0 aromatic heterocycles. The third-order valence-electron chi connectivity index (χ3n) is 1.74. The van der Waals surface area contributed by atoms with E-state index < -0.39 is 0 Å². The van der Waals surface area contributed by atoms with E-state index in [-0.39, 0.29) is 34.1 Å². The van der Waals surface area contributed by atoms with Gasteiger partial charge in [-0.25, -0.2) is 23.3 Å². The average molecular weight is 243 g/mol. The van der Waals surface area contributed by atoms with E-state index in [9.17, 15) is 0 Å². The van der Waals surface area contributed by atoms with Gasteiger partial charge in [-0.1, -0.05) is 0 Å². The molecule has 0 heterocycles. The van der Waals surface area contributed by atoms with Crippen LogP contribution in [0.4, 0.5) is 0 Å². The van der Waals surface area contributed by atoms with Crippen LogP contribution in [-0.4, -0.2) is 0 Å². The second-order valence-corrected chi connectivity index (χ2v) is 3.00. The van der Waals surface area contributed by atoms with Crippen molar-refractivity contribution < 1.29 is 21.7 Å². The summed E-state index contributed by atoms with van der Waals surface area (Å²) in [6.07, 6.45) is 16.5. The first-order chi connectivity index (χ1) is 5.79. The molecule has 0 aromatic carbocycles. The average Bonchev–Trinajstić information content (AvgIpc) is 2.63. The van der Waals surface area contributed by atoms with Crippen LogP contribution >= 0.6 is 12.4 Å². The fourth-order valence-corrected chi connectivity index (χ4v) is 0.998. The Morgan fingerprint density at radius 3 is 1.36 bits per heavy atom. The molecule has 0 nitrogen and oxygen atoms in total. The van der Waals surface area contributed by atoms with Gasteiger partial charge in [-0.05, 0) is 0 Å². The van der Waals surface area contributed by atoms with Gasteiger partial charge in [0.15, 0.2) is 0 Å². The van der Waals surface area contributed by atoms with Gasteiger partial charge in [0.05, 0.1) is 0 Å². The van der Waals surface area contributed by atoms with Gasteiger partial charge in [-0.15, -0.1) is 39.1 Å². The summed E-state index contributed by atoms with van der Waals surface area (Å²) in [5.41, 5.74) is 2.69. The van der Waals surface area contributed by atoms with E-state index >= 15 is 0 Å². The normalized spacial score (nSPS) is 15.9. The molecule has 0 aliphatic heterocycles. The van der Waals surface area contributed by atoms with Crippen molar-refractivity contribution in [3.8, 4) is 0 Å². The first-order valence-corrected chi connectivity index (χ1v) is 4.26. The molecule has 0 spiro atoms. The second-order valence-electron chi connectivity index (χ2n) is 3.00. The minimum atomic E-state index is 0. The number of hydrogen-bond donors (Lipinski definition) is 0. The minimum Gasteiger partial charge on any atom is -0.273 e. The fourth-order valence-electron chi connectivity index (χ4n) is 0.998. The summed E-state index contributed by atoms with van der Waals surface area (Å²) in [5.74, 6) is 0. The van der Waals surface area contributed by atoms with E-state index in [1.807, 2.05) is 12.2 Å². The summed E-state index contributed by atoms with van der Waals surface area (Å²) >= 11 is 0. The van der Waals surface area contributed by atoms with Crippen LogP contribution < -0.4 is 0 Å². The molecule has 0 N–H and O–H groups in total. The van der Waals surface area contributed by atoms with E-state index in [0.29, 0.717) is 0 Å². The monoisotopic (exact) mass is 242 g/mol. The van der Waals surface area contributed by atoms with Crippen LogP contribution in [0.3, 0.4) is 0 Å². The zero-order valence-electron chi connectivity index (χ0n) is 8.63. The Morgan fingerprint density at radius 2 is 1.29 bits per heavy atom. The number of rotatable bonds is 0. The van der Waals surface area contributed by atoms with Crippen LogP contribution in [0.5, 0.6) is 0 Å². The molecule has 14 heavy (non-hydrogen) atoms. The molecule has 0 bridgehead atoms. The Hall–Kier alpha value is -0.0357. The molecular formula is C12H15ClTi. The second kappa shape index (κ2) is 9.52. The van der Waals surface area contributed by atoms with Gasteiger partial charge in [-0.2, -0.15) is 12.2 Å². The SMILES string of the molecule is CC1=CC[C-]=C1.CC1=CC[C-]=C1.Cl.[Ti+2]. The Morgan fingerprint density at radius 1 is 0.929 bits per heavy atom. The van der Waals surface area contributed by atoms with Crippen LogP contribution in [0.2, 0.25) is 0 Å². The van der Waals surface area contributed by atoms with E-state index in [2.05, 4.69) is 38.2 Å². The van der Waals surface area contributed by atoms with E-state index in [0.717, 1.165) is 12.8 Å². The predicted octanol–water partition coefficient (Wildman–Crippen LogP) is 3.81. The summed E-state index contributed by atoms with van der Waals surface area (Å²) in [7, 11) is 0. The number of allylic oxidation sites excluding steroid dienone is 8. The number of halogens is 1. The van der Waals surface area contributed by atoms with Gasteiger partial charge in [0.25, 0.3) is 0 Å². The van der Waals surface area contributed by atoms with Crippen LogP contribution in [0.25, 0.3) is 0 Å². The van der Waals surface area contributed by atoms with Gasteiger partial charge < -0.3 is 0 Å². The number of hydrogen-bond acceptors (Lipinski definition) is 0. The van der Waals surface area contributed by atoms with Crippen LogP contribution in [-0.2, 0) is 21.7 Å². The van der Waals surface area contributed by atoms with Crippen molar-refractivity contribution in [2.75, 3.05) is 0 Å². The molecule has 0 aromatic rings. The molecule has 2 heteroatoms. The van der Waals surface area contributed by atoms with E-state index in [1.165, 1.54) is 11.1 Å². The molecule has 0 saturated heterocycles. The van der Waals surface area contributed by atoms with Crippen molar-refractivity contribution in [1.82, 2.24) is 0 Å². The largest absolute Gasteiger partial charge is 2.00 e. The molecule has 74 valence electrons. The molecule has 0 unspecified atom stereocenters. The predicted molar refractivity (Wildman–Crippen MR) is 59.6 cm³/mol. The Balaban J connectivity index is 0. The van der Waals surface area contributed by atoms with E-state index in [1.54, 1.807) is 0 Å².